The van der Waals surface area contributed by atoms with Crippen LogP contribution in [0.1, 0.15) is 36.3 Å². The lowest BCUT2D eigenvalue weighted by Gasteiger charge is -2.29. The highest BCUT2D eigenvalue weighted by atomic mass is 16.2. The first-order valence-electron chi connectivity index (χ1n) is 10.7. The molecule has 4 rings (SSSR count). The number of H-pyrrole nitrogens is 1. The number of hydrogen-bond donors (Lipinski definition) is 2. The molecule has 2 heterocycles. The summed E-state index contributed by atoms with van der Waals surface area (Å²) < 4.78 is 0. The van der Waals surface area contributed by atoms with Crippen molar-refractivity contribution in [2.75, 3.05) is 13.1 Å². The number of hydrogen-bond acceptors (Lipinski definition) is 3. The number of aromatic amines is 1. The highest BCUT2D eigenvalue weighted by Crippen LogP contribution is 2.36. The first kappa shape index (κ1) is 20.8. The van der Waals surface area contributed by atoms with Gasteiger partial charge in [0.1, 0.15) is 5.69 Å². The molecule has 6 heteroatoms. The molecule has 2 aromatic carbocycles. The average molecular weight is 417 g/mol. The van der Waals surface area contributed by atoms with E-state index in [0.29, 0.717) is 31.6 Å². The van der Waals surface area contributed by atoms with Gasteiger partial charge in [0.2, 0.25) is 5.91 Å². The van der Waals surface area contributed by atoms with Crippen molar-refractivity contribution in [3.8, 4) is 11.1 Å². The molecule has 3 aromatic rings. The SMILES string of the molecule is CC(C)NC(=O)[C@]1(Cc2ccc(-c3ccccc3)cc2)CCN(C(=O)c2ccn[nH]2)C1. The van der Waals surface area contributed by atoms with E-state index >= 15 is 0 Å². The molecule has 1 aliphatic heterocycles. The Kier molecular flexibility index (Phi) is 5.89. The van der Waals surface area contributed by atoms with Gasteiger partial charge in [0.15, 0.2) is 0 Å². The molecule has 0 radical (unpaired) electrons. The van der Waals surface area contributed by atoms with Crippen molar-refractivity contribution in [1.82, 2.24) is 20.4 Å². The quantitative estimate of drug-likeness (QED) is 0.644. The van der Waals surface area contributed by atoms with Crippen LogP contribution in [0.25, 0.3) is 11.1 Å². The zero-order valence-electron chi connectivity index (χ0n) is 18.0. The van der Waals surface area contributed by atoms with Gasteiger partial charge in [0, 0.05) is 25.3 Å². The Balaban J connectivity index is 1.56. The van der Waals surface area contributed by atoms with Gasteiger partial charge in [-0.1, -0.05) is 54.6 Å². The van der Waals surface area contributed by atoms with Crippen molar-refractivity contribution in [2.45, 2.75) is 32.7 Å². The fourth-order valence-corrected chi connectivity index (χ4v) is 4.25. The van der Waals surface area contributed by atoms with Crippen LogP contribution in [0, 0.1) is 5.41 Å². The van der Waals surface area contributed by atoms with E-state index < -0.39 is 5.41 Å². The fraction of sp³-hybridized carbons (Fsp3) is 0.320. The lowest BCUT2D eigenvalue weighted by molar-refractivity contribution is -0.130. The van der Waals surface area contributed by atoms with Gasteiger partial charge in [0.05, 0.1) is 5.41 Å². The van der Waals surface area contributed by atoms with Gasteiger partial charge in [0.25, 0.3) is 5.91 Å². The zero-order chi connectivity index (χ0) is 21.8. The molecule has 0 bridgehead atoms. The molecule has 0 saturated carbocycles. The molecule has 31 heavy (non-hydrogen) atoms. The van der Waals surface area contributed by atoms with Gasteiger partial charge >= 0.3 is 0 Å². The third kappa shape index (κ3) is 4.53. The Labute approximate surface area is 182 Å². The van der Waals surface area contributed by atoms with Crippen molar-refractivity contribution in [3.05, 3.63) is 78.1 Å². The number of likely N-dealkylation sites (tertiary alicyclic amines) is 1. The maximum atomic E-state index is 13.3. The van der Waals surface area contributed by atoms with E-state index in [9.17, 15) is 9.59 Å². The van der Waals surface area contributed by atoms with Gasteiger partial charge < -0.3 is 10.2 Å². The summed E-state index contributed by atoms with van der Waals surface area (Å²) in [7, 11) is 0. The van der Waals surface area contributed by atoms with Crippen LogP contribution in [-0.2, 0) is 11.2 Å². The zero-order valence-corrected chi connectivity index (χ0v) is 18.0. The standard InChI is InChI=1S/C25H28N4O2/c1-18(2)27-24(31)25(13-15-29(17-25)23(30)22-12-14-26-28-22)16-19-8-10-21(11-9-19)20-6-4-3-5-7-20/h3-12,14,18H,13,15-17H2,1-2H3,(H,26,28)(H,27,31)/t25-/m0/s1. The first-order valence-corrected chi connectivity index (χ1v) is 10.7. The highest BCUT2D eigenvalue weighted by molar-refractivity contribution is 5.93. The van der Waals surface area contributed by atoms with Crippen LogP contribution >= 0.6 is 0 Å². The van der Waals surface area contributed by atoms with Crippen LogP contribution in [0.3, 0.4) is 0 Å². The van der Waals surface area contributed by atoms with Crippen molar-refractivity contribution >= 4 is 11.8 Å². The number of rotatable bonds is 6. The molecule has 0 spiro atoms. The number of amides is 2. The molecule has 1 saturated heterocycles. The number of carbonyl (C=O) groups excluding carboxylic acids is 2. The van der Waals surface area contributed by atoms with E-state index in [1.165, 1.54) is 5.56 Å². The average Bonchev–Trinajstić information content (AvgIpc) is 3.45. The summed E-state index contributed by atoms with van der Waals surface area (Å²) in [5.41, 5.74) is 3.21. The van der Waals surface area contributed by atoms with Crippen LogP contribution < -0.4 is 5.32 Å². The van der Waals surface area contributed by atoms with Crippen molar-refractivity contribution < 1.29 is 9.59 Å². The second kappa shape index (κ2) is 8.76. The van der Waals surface area contributed by atoms with Crippen molar-refractivity contribution in [1.29, 1.82) is 0 Å². The lowest BCUT2D eigenvalue weighted by Crippen LogP contribution is -2.47. The van der Waals surface area contributed by atoms with Crippen LogP contribution in [0.2, 0.25) is 0 Å². The van der Waals surface area contributed by atoms with Crippen LogP contribution in [0.5, 0.6) is 0 Å². The summed E-state index contributed by atoms with van der Waals surface area (Å²) >= 11 is 0. The highest BCUT2D eigenvalue weighted by Gasteiger charge is 2.46. The van der Waals surface area contributed by atoms with Gasteiger partial charge in [-0.15, -0.1) is 0 Å². The lowest BCUT2D eigenvalue weighted by atomic mass is 9.79. The first-order chi connectivity index (χ1) is 15.0. The molecular weight excluding hydrogens is 388 g/mol. The van der Waals surface area contributed by atoms with Gasteiger partial charge in [-0.3, -0.25) is 14.7 Å². The largest absolute Gasteiger partial charge is 0.353 e. The topological polar surface area (TPSA) is 78.1 Å². The molecule has 2 amide bonds. The maximum absolute atomic E-state index is 13.3. The summed E-state index contributed by atoms with van der Waals surface area (Å²) in [5.74, 6) is -0.106. The summed E-state index contributed by atoms with van der Waals surface area (Å²) in [5, 5.41) is 9.69. The monoisotopic (exact) mass is 416 g/mol. The summed E-state index contributed by atoms with van der Waals surface area (Å²) in [6, 6.07) is 20.3. The Morgan fingerprint density at radius 1 is 1.06 bits per heavy atom. The molecule has 1 aliphatic rings. The van der Waals surface area contributed by atoms with Crippen LogP contribution in [0.4, 0.5) is 0 Å². The second-order valence-electron chi connectivity index (χ2n) is 8.60. The fourth-order valence-electron chi connectivity index (χ4n) is 4.25. The van der Waals surface area contributed by atoms with E-state index in [0.717, 1.165) is 11.1 Å². The minimum Gasteiger partial charge on any atom is -0.353 e. The molecule has 0 unspecified atom stereocenters. The van der Waals surface area contributed by atoms with E-state index in [4.69, 9.17) is 0 Å². The van der Waals surface area contributed by atoms with Crippen molar-refractivity contribution in [3.63, 3.8) is 0 Å². The summed E-state index contributed by atoms with van der Waals surface area (Å²) in [6.07, 6.45) is 2.79. The minimum absolute atomic E-state index is 0.00884. The summed E-state index contributed by atoms with van der Waals surface area (Å²) in [6.45, 7) is 4.86. The molecule has 0 aliphatic carbocycles. The van der Waals surface area contributed by atoms with Crippen LogP contribution in [0.15, 0.2) is 66.9 Å². The predicted octanol–water partition coefficient (Wildman–Crippen LogP) is 3.68. The number of carbonyl (C=O) groups is 2. The normalized spacial score (nSPS) is 18.4. The van der Waals surface area contributed by atoms with E-state index in [-0.39, 0.29) is 17.9 Å². The predicted molar refractivity (Wildman–Crippen MR) is 120 cm³/mol. The molecule has 160 valence electrons. The van der Waals surface area contributed by atoms with Gasteiger partial charge in [-0.05, 0) is 49.4 Å². The molecule has 1 atom stereocenters. The Bertz CT molecular complexity index is 1030. The molecule has 1 fully saturated rings. The number of nitrogens with zero attached hydrogens (tertiary/aromatic N) is 2. The van der Waals surface area contributed by atoms with Gasteiger partial charge in [-0.25, -0.2) is 0 Å². The third-order valence-corrected chi connectivity index (χ3v) is 5.88. The van der Waals surface area contributed by atoms with E-state index in [2.05, 4.69) is 51.9 Å². The van der Waals surface area contributed by atoms with E-state index in [1.807, 2.05) is 32.0 Å². The van der Waals surface area contributed by atoms with Gasteiger partial charge in [-0.2, -0.15) is 5.10 Å². The summed E-state index contributed by atoms with van der Waals surface area (Å²) in [4.78, 5) is 27.8. The van der Waals surface area contributed by atoms with Crippen LogP contribution in [-0.4, -0.2) is 46.0 Å². The second-order valence-corrected chi connectivity index (χ2v) is 8.60. The smallest absolute Gasteiger partial charge is 0.271 e. The molecular formula is C25H28N4O2. The number of aromatic nitrogens is 2. The third-order valence-electron chi connectivity index (χ3n) is 5.88. The maximum Gasteiger partial charge on any atom is 0.271 e. The molecule has 2 N–H and O–H groups in total. The number of nitrogens with one attached hydrogen (secondary N) is 2. The Morgan fingerprint density at radius 2 is 1.77 bits per heavy atom. The molecule has 6 nitrogen and oxygen atoms in total. The Morgan fingerprint density at radius 3 is 2.42 bits per heavy atom. The molecule has 1 aromatic heterocycles. The van der Waals surface area contributed by atoms with E-state index in [1.54, 1.807) is 17.2 Å². The number of benzene rings is 2. The minimum atomic E-state index is -0.645. The Hall–Kier alpha value is -3.41. The van der Waals surface area contributed by atoms with Crippen molar-refractivity contribution in [2.24, 2.45) is 5.41 Å².